The van der Waals surface area contributed by atoms with Crippen LogP contribution in [0.15, 0.2) is 42.5 Å². The average molecular weight is 473 g/mol. The molecule has 6 nitrogen and oxygen atoms in total. The molecule has 0 aliphatic rings. The van der Waals surface area contributed by atoms with E-state index in [9.17, 15) is 14.0 Å². The Kier molecular flexibility index (Phi) is 9.90. The number of halogens is 1. The van der Waals surface area contributed by atoms with Gasteiger partial charge in [-0.05, 0) is 83.4 Å². The molecule has 0 aliphatic carbocycles. The molecule has 0 aromatic heterocycles. The minimum absolute atomic E-state index is 0.160. The number of aryl methyl sites for hydroxylation is 1. The van der Waals surface area contributed by atoms with E-state index in [0.29, 0.717) is 31.1 Å². The van der Waals surface area contributed by atoms with Crippen molar-refractivity contribution in [1.29, 1.82) is 0 Å². The second kappa shape index (κ2) is 12.4. The smallest absolute Gasteiger partial charge is 0.242 e. The van der Waals surface area contributed by atoms with E-state index in [1.54, 1.807) is 24.0 Å². The highest BCUT2D eigenvalue weighted by molar-refractivity contribution is 5.87. The zero-order valence-corrected chi connectivity index (χ0v) is 21.1. The molecule has 0 spiro atoms. The van der Waals surface area contributed by atoms with Gasteiger partial charge in [-0.1, -0.05) is 18.2 Å². The summed E-state index contributed by atoms with van der Waals surface area (Å²) in [5.74, 6) is 0.580. The highest BCUT2D eigenvalue weighted by atomic mass is 19.1. The van der Waals surface area contributed by atoms with E-state index in [2.05, 4.69) is 5.32 Å². The van der Waals surface area contributed by atoms with E-state index in [-0.39, 0.29) is 30.6 Å². The number of carbonyl (C=O) groups is 2. The Hall–Kier alpha value is -3.09. The number of benzene rings is 2. The third kappa shape index (κ3) is 8.36. The molecule has 1 unspecified atom stereocenters. The van der Waals surface area contributed by atoms with E-state index in [4.69, 9.17) is 9.47 Å². The third-order valence-corrected chi connectivity index (χ3v) is 5.17. The molecule has 186 valence electrons. The van der Waals surface area contributed by atoms with Crippen LogP contribution in [0.5, 0.6) is 11.5 Å². The molecule has 0 radical (unpaired) electrons. The summed E-state index contributed by atoms with van der Waals surface area (Å²) in [6.07, 6.45) is 0.701. The van der Waals surface area contributed by atoms with E-state index in [0.717, 1.165) is 11.1 Å². The minimum atomic E-state index is -0.684. The lowest BCUT2D eigenvalue weighted by atomic mass is 10.1. The number of carbonyl (C=O) groups excluding carboxylic acids is 2. The standard InChI is InChI=1S/C27H37FN2O4/c1-7-33-23-15-11-20(17-24(23)34-8-2)12-16-25(31)30(18-21-9-13-22(28)14-10-21)19(3)26(32)29-27(4,5)6/h9-11,13-15,17,19H,7-8,12,16,18H2,1-6H3,(H,29,32). The van der Waals surface area contributed by atoms with Gasteiger partial charge in [-0.2, -0.15) is 0 Å². The molecule has 1 atom stereocenters. The fraction of sp³-hybridized carbons (Fsp3) is 0.481. The topological polar surface area (TPSA) is 67.9 Å². The maximum Gasteiger partial charge on any atom is 0.242 e. The lowest BCUT2D eigenvalue weighted by molar-refractivity contribution is -0.141. The third-order valence-electron chi connectivity index (χ3n) is 5.17. The van der Waals surface area contributed by atoms with Gasteiger partial charge in [0.25, 0.3) is 0 Å². The van der Waals surface area contributed by atoms with Crippen molar-refractivity contribution in [3.05, 3.63) is 59.4 Å². The SMILES string of the molecule is CCOc1ccc(CCC(=O)N(Cc2ccc(F)cc2)C(C)C(=O)NC(C)(C)C)cc1OCC. The maximum absolute atomic E-state index is 13.4. The normalized spacial score (nSPS) is 12.1. The molecular formula is C27H37FN2O4. The molecule has 0 heterocycles. The summed E-state index contributed by atoms with van der Waals surface area (Å²) in [6, 6.07) is 10.9. The Morgan fingerprint density at radius 3 is 2.15 bits per heavy atom. The van der Waals surface area contributed by atoms with Gasteiger partial charge in [0.2, 0.25) is 11.8 Å². The predicted octanol–water partition coefficient (Wildman–Crippen LogP) is 4.89. The molecule has 34 heavy (non-hydrogen) atoms. The Labute approximate surface area is 202 Å². The number of hydrogen-bond acceptors (Lipinski definition) is 4. The van der Waals surface area contributed by atoms with Gasteiger partial charge >= 0.3 is 0 Å². The summed E-state index contributed by atoms with van der Waals surface area (Å²) in [6.45, 7) is 12.5. The van der Waals surface area contributed by atoms with Gasteiger partial charge in [-0.15, -0.1) is 0 Å². The zero-order chi connectivity index (χ0) is 25.3. The van der Waals surface area contributed by atoms with E-state index >= 15 is 0 Å². The molecule has 0 saturated carbocycles. The fourth-order valence-corrected chi connectivity index (χ4v) is 3.49. The molecule has 2 aromatic carbocycles. The van der Waals surface area contributed by atoms with Crippen LogP contribution in [0.25, 0.3) is 0 Å². The molecule has 0 aliphatic heterocycles. The largest absolute Gasteiger partial charge is 0.490 e. The Morgan fingerprint density at radius 1 is 0.971 bits per heavy atom. The molecule has 1 N–H and O–H groups in total. The molecule has 0 fully saturated rings. The maximum atomic E-state index is 13.4. The van der Waals surface area contributed by atoms with Crippen molar-refractivity contribution >= 4 is 11.8 Å². The number of rotatable bonds is 11. The molecule has 2 rings (SSSR count). The van der Waals surface area contributed by atoms with Gasteiger partial charge in [0.05, 0.1) is 13.2 Å². The van der Waals surface area contributed by atoms with E-state index < -0.39 is 11.6 Å². The quantitative estimate of drug-likeness (QED) is 0.506. The summed E-state index contributed by atoms with van der Waals surface area (Å²) < 4.78 is 24.7. The first-order chi connectivity index (χ1) is 16.0. The first-order valence-corrected chi connectivity index (χ1v) is 11.8. The lowest BCUT2D eigenvalue weighted by Gasteiger charge is -2.31. The van der Waals surface area contributed by atoms with Crippen molar-refractivity contribution in [1.82, 2.24) is 10.2 Å². The lowest BCUT2D eigenvalue weighted by Crippen LogP contribution is -2.52. The van der Waals surface area contributed by atoms with Crippen LogP contribution in [0.3, 0.4) is 0 Å². The number of amides is 2. The number of hydrogen-bond donors (Lipinski definition) is 1. The minimum Gasteiger partial charge on any atom is -0.490 e. The monoisotopic (exact) mass is 472 g/mol. The predicted molar refractivity (Wildman–Crippen MR) is 131 cm³/mol. The summed E-state index contributed by atoms with van der Waals surface area (Å²) in [5, 5.41) is 2.94. The highest BCUT2D eigenvalue weighted by Gasteiger charge is 2.28. The Morgan fingerprint density at radius 2 is 1.56 bits per heavy atom. The van der Waals surface area contributed by atoms with Crippen molar-refractivity contribution in [2.24, 2.45) is 0 Å². The molecule has 0 saturated heterocycles. The first kappa shape index (κ1) is 27.2. The number of nitrogens with zero attached hydrogens (tertiary/aromatic N) is 1. The van der Waals surface area contributed by atoms with Crippen molar-refractivity contribution in [2.75, 3.05) is 13.2 Å². The van der Waals surface area contributed by atoms with Gasteiger partial charge in [-0.25, -0.2) is 4.39 Å². The summed E-state index contributed by atoms with van der Waals surface area (Å²) in [4.78, 5) is 27.7. The van der Waals surface area contributed by atoms with Crippen LogP contribution < -0.4 is 14.8 Å². The molecular weight excluding hydrogens is 435 g/mol. The summed E-state index contributed by atoms with van der Waals surface area (Å²) >= 11 is 0. The zero-order valence-electron chi connectivity index (χ0n) is 21.1. The van der Waals surface area contributed by atoms with Crippen LogP contribution in [0.1, 0.15) is 59.1 Å². The fourth-order valence-electron chi connectivity index (χ4n) is 3.49. The molecule has 0 bridgehead atoms. The molecule has 2 amide bonds. The average Bonchev–Trinajstić information content (AvgIpc) is 2.77. The van der Waals surface area contributed by atoms with Crippen molar-refractivity contribution in [2.45, 2.75) is 72.5 Å². The number of nitrogens with one attached hydrogen (secondary N) is 1. The van der Waals surface area contributed by atoms with Gasteiger partial charge in [-0.3, -0.25) is 9.59 Å². The van der Waals surface area contributed by atoms with Crippen LogP contribution >= 0.6 is 0 Å². The second-order valence-electron chi connectivity index (χ2n) is 9.21. The van der Waals surface area contributed by atoms with Crippen molar-refractivity contribution in [3.63, 3.8) is 0 Å². The second-order valence-corrected chi connectivity index (χ2v) is 9.21. The van der Waals surface area contributed by atoms with Gasteiger partial charge < -0.3 is 19.7 Å². The molecule has 7 heteroatoms. The van der Waals surface area contributed by atoms with Crippen LogP contribution in [0.2, 0.25) is 0 Å². The summed E-state index contributed by atoms with van der Waals surface area (Å²) in [7, 11) is 0. The first-order valence-electron chi connectivity index (χ1n) is 11.8. The van der Waals surface area contributed by atoms with Crippen LogP contribution in [0.4, 0.5) is 4.39 Å². The highest BCUT2D eigenvalue weighted by Crippen LogP contribution is 2.29. The van der Waals surface area contributed by atoms with E-state index in [1.165, 1.54) is 12.1 Å². The molecule has 2 aromatic rings. The van der Waals surface area contributed by atoms with Crippen molar-refractivity contribution < 1.29 is 23.5 Å². The van der Waals surface area contributed by atoms with Crippen LogP contribution in [0, 0.1) is 5.82 Å². The summed E-state index contributed by atoms with van der Waals surface area (Å²) in [5.41, 5.74) is 1.27. The van der Waals surface area contributed by atoms with E-state index in [1.807, 2.05) is 52.8 Å². The Balaban J connectivity index is 2.19. The van der Waals surface area contributed by atoms with Crippen LogP contribution in [-0.4, -0.2) is 41.5 Å². The van der Waals surface area contributed by atoms with Gasteiger partial charge in [0.15, 0.2) is 11.5 Å². The Bertz CT molecular complexity index is 954. The van der Waals surface area contributed by atoms with Gasteiger partial charge in [0.1, 0.15) is 11.9 Å². The van der Waals surface area contributed by atoms with Crippen LogP contribution in [-0.2, 0) is 22.6 Å². The number of ether oxygens (including phenoxy) is 2. The van der Waals surface area contributed by atoms with Gasteiger partial charge in [0, 0.05) is 18.5 Å². The van der Waals surface area contributed by atoms with Crippen molar-refractivity contribution in [3.8, 4) is 11.5 Å².